The normalized spacial score (nSPS) is 14.8. The van der Waals surface area contributed by atoms with Crippen LogP contribution in [0, 0.1) is 0 Å². The zero-order valence-electron chi connectivity index (χ0n) is 32.9. The molecule has 0 saturated carbocycles. The van der Waals surface area contributed by atoms with Gasteiger partial charge in [0.15, 0.2) is 0 Å². The molecule has 0 radical (unpaired) electrons. The molecular weight excluding hydrogens is 838 g/mol. The van der Waals surface area contributed by atoms with Gasteiger partial charge in [0.05, 0.1) is 37.0 Å². The number of rotatable bonds is 14. The highest BCUT2D eigenvalue weighted by molar-refractivity contribution is 7.60. The van der Waals surface area contributed by atoms with Crippen LogP contribution in [0.15, 0.2) is 97.1 Å². The predicted molar refractivity (Wildman–Crippen MR) is 237 cm³/mol. The summed E-state index contributed by atoms with van der Waals surface area (Å²) in [4.78, 5) is 73.1. The number of hydrogen-bond acceptors (Lipinski definition) is 16. The van der Waals surface area contributed by atoms with E-state index >= 15 is 0 Å². The van der Waals surface area contributed by atoms with Crippen LogP contribution in [0.3, 0.4) is 0 Å². The molecule has 0 atom stereocenters. The van der Waals surface area contributed by atoms with E-state index < -0.39 is 15.2 Å². The minimum Gasteiger partial charge on any atom is -0.378 e. The number of aromatic nitrogens is 6. The van der Waals surface area contributed by atoms with E-state index in [4.69, 9.17) is 9.47 Å². The molecule has 2 aliphatic rings. The van der Waals surface area contributed by atoms with Crippen molar-refractivity contribution >= 4 is 96.4 Å². The van der Waals surface area contributed by atoms with Crippen molar-refractivity contribution in [3.05, 3.63) is 108 Å². The summed E-state index contributed by atoms with van der Waals surface area (Å²) in [6.45, 7) is 4.23. The molecule has 2 fully saturated rings. The zero-order valence-corrected chi connectivity index (χ0v) is 34.7. The fourth-order valence-corrected chi connectivity index (χ4v) is 8.12. The fraction of sp³-hybridized carbons (Fsp3) is 0.200. The van der Waals surface area contributed by atoms with E-state index in [0.717, 1.165) is 11.4 Å². The second-order valence-electron chi connectivity index (χ2n) is 14.0. The van der Waals surface area contributed by atoms with Crippen LogP contribution >= 0.6 is 15.2 Å². The van der Waals surface area contributed by atoms with Gasteiger partial charge in [0.2, 0.25) is 35.7 Å². The first-order valence-corrected chi connectivity index (χ1v) is 22.6. The van der Waals surface area contributed by atoms with Crippen molar-refractivity contribution in [3.63, 3.8) is 0 Å². The maximum Gasteiger partial charge on any atom is 0.356 e. The Hall–Kier alpha value is -6.34. The highest BCUT2D eigenvalue weighted by Crippen LogP contribution is 2.39. The van der Waals surface area contributed by atoms with E-state index in [1.165, 1.54) is 36.4 Å². The topological polar surface area (TPSA) is 265 Å². The standard InChI is InChI=1S/C40H42N12O8P2/c53-61(54,55)33-25-31(43-37-45-35(41-29-7-3-1-4-8-29)47-39(49-37)51-17-21-59-22-18-51)15-13-27(33)11-12-28-14-16-32(26-34(28)62(56,57)58)44-38-46-36(42-30-9-5-2-6-10-30)48-40(50-38)52-19-23-60-24-20-52/h1-16,25-26H,17-24H2,(H2,53,54,55)(H2,56,57,58)(H2,41,43,45,47,49)(H2,42,44,46,48,50). The van der Waals surface area contributed by atoms with E-state index in [-0.39, 0.29) is 56.9 Å². The Bertz CT molecular complexity index is 2460. The van der Waals surface area contributed by atoms with Crippen molar-refractivity contribution < 1.29 is 38.2 Å². The molecule has 2 aliphatic heterocycles. The Kier molecular flexibility index (Phi) is 12.8. The number of morpholine rings is 2. The average molecular weight is 881 g/mol. The van der Waals surface area contributed by atoms with Gasteiger partial charge in [-0.3, -0.25) is 9.13 Å². The number of nitrogens with one attached hydrogen (secondary N) is 4. The van der Waals surface area contributed by atoms with E-state index in [0.29, 0.717) is 64.5 Å². The van der Waals surface area contributed by atoms with Crippen LogP contribution in [-0.4, -0.2) is 102 Å². The molecule has 8 rings (SSSR count). The van der Waals surface area contributed by atoms with Crippen LogP contribution in [-0.2, 0) is 18.6 Å². The molecule has 62 heavy (non-hydrogen) atoms. The van der Waals surface area contributed by atoms with Gasteiger partial charge in [-0.1, -0.05) is 60.7 Å². The Morgan fingerprint density at radius 3 is 1.15 bits per heavy atom. The number of ether oxygens (including phenoxy) is 2. The molecule has 2 aromatic heterocycles. The SMILES string of the molecule is O=P(O)(O)c1cc(Nc2nc(Nc3ccccc3)nc(N3CCOCC3)n2)ccc1C=Cc1ccc(Nc2nc(Nc3ccccc3)nc(N3CCOCC3)n2)cc1P(=O)(O)O. The summed E-state index contributed by atoms with van der Waals surface area (Å²) in [5.74, 6) is 1.52. The zero-order chi connectivity index (χ0) is 43.1. The molecule has 320 valence electrons. The Balaban J connectivity index is 1.06. The molecule has 4 aromatic carbocycles. The Labute approximate surface area is 355 Å². The molecule has 4 heterocycles. The van der Waals surface area contributed by atoms with Gasteiger partial charge in [-0.25, -0.2) is 0 Å². The van der Waals surface area contributed by atoms with Crippen molar-refractivity contribution in [3.8, 4) is 0 Å². The molecule has 0 aliphatic carbocycles. The molecule has 22 heteroatoms. The molecule has 0 spiro atoms. The lowest BCUT2D eigenvalue weighted by Gasteiger charge is -2.27. The van der Waals surface area contributed by atoms with Gasteiger partial charge < -0.3 is 60.1 Å². The summed E-state index contributed by atoms with van der Waals surface area (Å²) >= 11 is 0. The van der Waals surface area contributed by atoms with Gasteiger partial charge in [0.25, 0.3) is 0 Å². The smallest absolute Gasteiger partial charge is 0.356 e. The van der Waals surface area contributed by atoms with Gasteiger partial charge in [0, 0.05) is 48.9 Å². The quantitative estimate of drug-likeness (QED) is 0.0554. The predicted octanol–water partition coefficient (Wildman–Crippen LogP) is 4.48. The molecule has 0 bridgehead atoms. The highest BCUT2D eigenvalue weighted by Gasteiger charge is 2.25. The van der Waals surface area contributed by atoms with Crippen LogP contribution in [0.2, 0.25) is 0 Å². The number of benzene rings is 4. The van der Waals surface area contributed by atoms with Gasteiger partial charge in [0.1, 0.15) is 0 Å². The number of anilines is 10. The molecule has 20 nitrogen and oxygen atoms in total. The maximum absolute atomic E-state index is 12.9. The lowest BCUT2D eigenvalue weighted by atomic mass is 10.1. The van der Waals surface area contributed by atoms with Crippen LogP contribution in [0.4, 0.5) is 58.4 Å². The summed E-state index contributed by atoms with van der Waals surface area (Å²) in [5.41, 5.74) is 2.26. The summed E-state index contributed by atoms with van der Waals surface area (Å²) < 4.78 is 36.7. The first-order valence-electron chi connectivity index (χ1n) is 19.4. The van der Waals surface area contributed by atoms with E-state index in [1.807, 2.05) is 70.5 Å². The summed E-state index contributed by atoms with van der Waals surface area (Å²) in [6.07, 6.45) is 2.76. The van der Waals surface area contributed by atoms with Crippen molar-refractivity contribution in [2.24, 2.45) is 0 Å². The lowest BCUT2D eigenvalue weighted by molar-refractivity contribution is 0.122. The third kappa shape index (κ3) is 10.9. The Morgan fingerprint density at radius 1 is 0.468 bits per heavy atom. The van der Waals surface area contributed by atoms with Crippen molar-refractivity contribution in [1.29, 1.82) is 0 Å². The molecule has 2 saturated heterocycles. The van der Waals surface area contributed by atoms with Crippen LogP contribution in [0.25, 0.3) is 12.2 Å². The summed E-state index contributed by atoms with van der Waals surface area (Å²) in [6, 6.07) is 27.3. The van der Waals surface area contributed by atoms with Crippen LogP contribution in [0.1, 0.15) is 11.1 Å². The van der Waals surface area contributed by atoms with Gasteiger partial charge >= 0.3 is 15.2 Å². The van der Waals surface area contributed by atoms with E-state index in [9.17, 15) is 28.7 Å². The third-order valence-electron chi connectivity index (χ3n) is 9.54. The number of hydrogen-bond donors (Lipinski definition) is 8. The molecule has 0 amide bonds. The van der Waals surface area contributed by atoms with Gasteiger partial charge in [-0.2, -0.15) is 29.9 Å². The Morgan fingerprint density at radius 2 is 0.806 bits per heavy atom. The van der Waals surface area contributed by atoms with Crippen molar-refractivity contribution in [2.75, 3.05) is 83.7 Å². The number of nitrogens with zero attached hydrogens (tertiary/aromatic N) is 8. The van der Waals surface area contributed by atoms with Crippen molar-refractivity contribution in [2.45, 2.75) is 0 Å². The third-order valence-corrected chi connectivity index (χ3v) is 11.6. The lowest BCUT2D eigenvalue weighted by Crippen LogP contribution is -2.37. The fourth-order valence-electron chi connectivity index (χ4n) is 6.53. The second kappa shape index (κ2) is 18.7. The molecule has 6 aromatic rings. The van der Waals surface area contributed by atoms with Gasteiger partial charge in [-0.15, -0.1) is 0 Å². The molecule has 0 unspecified atom stereocenters. The summed E-state index contributed by atoms with van der Waals surface area (Å²) in [7, 11) is -9.81. The van der Waals surface area contributed by atoms with Crippen LogP contribution in [0.5, 0.6) is 0 Å². The first-order chi connectivity index (χ1) is 29.9. The van der Waals surface area contributed by atoms with Crippen molar-refractivity contribution in [1.82, 2.24) is 29.9 Å². The van der Waals surface area contributed by atoms with E-state index in [1.54, 1.807) is 12.1 Å². The van der Waals surface area contributed by atoms with E-state index in [2.05, 4.69) is 51.2 Å². The maximum atomic E-state index is 12.9. The van der Waals surface area contributed by atoms with Gasteiger partial charge in [-0.05, 0) is 59.7 Å². The first kappa shape index (κ1) is 42.4. The average Bonchev–Trinajstić information content (AvgIpc) is 3.27. The minimum atomic E-state index is -4.90. The number of para-hydroxylation sites is 2. The van der Waals surface area contributed by atoms with Crippen LogP contribution < -0.4 is 41.7 Å². The monoisotopic (exact) mass is 880 g/mol. The largest absolute Gasteiger partial charge is 0.378 e. The highest BCUT2D eigenvalue weighted by atomic mass is 31.2. The summed E-state index contributed by atoms with van der Waals surface area (Å²) in [5, 5.41) is 11.8. The second-order valence-corrected chi connectivity index (χ2v) is 17.1. The molecule has 8 N–H and O–H groups in total. The minimum absolute atomic E-state index is 0.109. The molecular formula is C40H42N12O8P2.